The first-order valence-corrected chi connectivity index (χ1v) is 39.1. The summed E-state index contributed by atoms with van der Waals surface area (Å²) >= 11 is 14.1. The minimum Gasteiger partial charge on any atom is -0.390 e. The Morgan fingerprint density at radius 1 is 0.453 bits per heavy atom. The van der Waals surface area contributed by atoms with Crippen molar-refractivity contribution in [3.05, 3.63) is 48.6 Å². The van der Waals surface area contributed by atoms with Gasteiger partial charge in [-0.25, -0.2) is 5.90 Å². The molecule has 21 nitrogen and oxygen atoms in total. The maximum absolute atomic E-state index is 13.5. The maximum Gasteiger partial charge on any atom is 0.223 e. The molecule has 1 aromatic carbocycles. The first kappa shape index (κ1) is 81.3. The molecule has 86 heavy (non-hydrogen) atoms. The van der Waals surface area contributed by atoms with E-state index in [0.717, 1.165) is 132 Å². The summed E-state index contributed by atoms with van der Waals surface area (Å²) in [7, 11) is 0. The summed E-state index contributed by atoms with van der Waals surface area (Å²) in [4.78, 5) is 76.7. The second-order valence-corrected chi connectivity index (χ2v) is 29.4. The van der Waals surface area contributed by atoms with E-state index >= 15 is 0 Å². The van der Waals surface area contributed by atoms with Crippen molar-refractivity contribution in [2.24, 2.45) is 55.3 Å². The lowest BCUT2D eigenvalue weighted by molar-refractivity contribution is -0.132. The molecule has 0 heterocycles. The standard InChI is InChI=1S/C57H106N14O7S8/c1-2-23-68(27-20-65-55(58)59)51(74)16-41-82-38-11-35-79-31-7-6-24-69(28-21-66-56(60)61)53(76)19-44-86-47-50(73)49(72)46-85-33-9-26-71(45-48-14-4-3-5-15-48)54(77)18-43-84-39-12-36-80-32-8-25-70(29-22-67-57(62)63)52(75)17-42-83-40-13-37-81-34-10-30-78-64/h2-5,14-15,49-50,72-73H,1,6-13,16-47,64H2,(H4,58,59,65)(H4,60,61,66)(H4,62,63,67). The zero-order valence-electron chi connectivity index (χ0n) is 51.0. The van der Waals surface area contributed by atoms with Crippen molar-refractivity contribution < 1.29 is 34.2 Å². The largest absolute Gasteiger partial charge is 0.390 e. The van der Waals surface area contributed by atoms with E-state index in [0.29, 0.717) is 122 Å². The Morgan fingerprint density at radius 2 is 0.802 bits per heavy atom. The number of nitrogens with two attached hydrogens (primary N) is 7. The second-order valence-electron chi connectivity index (χ2n) is 19.8. The Labute approximate surface area is 549 Å². The van der Waals surface area contributed by atoms with Crippen LogP contribution in [0.2, 0.25) is 0 Å². The van der Waals surface area contributed by atoms with E-state index in [1.54, 1.807) is 34.5 Å². The summed E-state index contributed by atoms with van der Waals surface area (Å²) in [5.41, 5.74) is 34.1. The van der Waals surface area contributed by atoms with Crippen LogP contribution < -0.4 is 40.3 Å². The van der Waals surface area contributed by atoms with E-state index in [4.69, 9.17) is 40.3 Å². The Morgan fingerprint density at radius 3 is 1.26 bits per heavy atom. The summed E-state index contributed by atoms with van der Waals surface area (Å²) in [5.74, 6) is 18.8. The third-order valence-corrected chi connectivity index (χ3v) is 21.4. The number of benzene rings is 1. The number of hydrogen-bond donors (Lipinski definition) is 9. The number of rotatable bonds is 59. The topological polar surface area (TPSA) is 350 Å². The molecule has 0 aromatic heterocycles. The number of hydrogen-bond acceptors (Lipinski definition) is 19. The third kappa shape index (κ3) is 48.2. The summed E-state index contributed by atoms with van der Waals surface area (Å²) in [6.07, 6.45) is 9.22. The second kappa shape index (κ2) is 57.4. The van der Waals surface area contributed by atoms with E-state index in [1.165, 1.54) is 11.8 Å². The van der Waals surface area contributed by atoms with Gasteiger partial charge in [0.15, 0.2) is 17.9 Å². The molecule has 0 bridgehead atoms. The molecule has 16 N–H and O–H groups in total. The van der Waals surface area contributed by atoms with Crippen LogP contribution in [0.25, 0.3) is 0 Å². The molecular weight excluding hydrogens is 1250 g/mol. The van der Waals surface area contributed by atoms with Crippen molar-refractivity contribution in [3.63, 3.8) is 0 Å². The van der Waals surface area contributed by atoms with Gasteiger partial charge in [0.2, 0.25) is 23.6 Å². The highest BCUT2D eigenvalue weighted by Gasteiger charge is 2.20. The average Bonchev–Trinajstić information content (AvgIpc) is 3.53. The zero-order chi connectivity index (χ0) is 63.1. The quantitative estimate of drug-likeness (QED) is 0.0141. The van der Waals surface area contributed by atoms with Crippen LogP contribution in [0, 0.1) is 0 Å². The molecule has 29 heteroatoms. The van der Waals surface area contributed by atoms with Gasteiger partial charge in [-0.1, -0.05) is 36.4 Å². The van der Waals surface area contributed by atoms with Crippen LogP contribution in [-0.4, -0.2) is 248 Å². The smallest absolute Gasteiger partial charge is 0.223 e. The van der Waals surface area contributed by atoms with Gasteiger partial charge < -0.3 is 69.1 Å². The van der Waals surface area contributed by atoms with Crippen LogP contribution in [0.3, 0.4) is 0 Å². The van der Waals surface area contributed by atoms with E-state index in [2.05, 4.69) is 26.4 Å². The number of carbonyl (C=O) groups is 4. The fourth-order valence-corrected chi connectivity index (χ4v) is 15.8. The fourth-order valence-electron chi connectivity index (χ4n) is 7.96. The molecule has 0 fully saturated rings. The highest BCUT2D eigenvalue weighted by atomic mass is 32.2. The van der Waals surface area contributed by atoms with E-state index in [9.17, 15) is 29.4 Å². The van der Waals surface area contributed by atoms with Gasteiger partial charge in [0, 0.05) is 113 Å². The number of unbranched alkanes of at least 4 members (excludes halogenated alkanes) is 1. The number of amides is 4. The molecule has 2 unspecified atom stereocenters. The highest BCUT2D eigenvalue weighted by Crippen LogP contribution is 2.18. The van der Waals surface area contributed by atoms with Crippen LogP contribution in [0.15, 0.2) is 58.0 Å². The van der Waals surface area contributed by atoms with Gasteiger partial charge in [0.05, 0.1) is 38.4 Å². The number of aliphatic hydroxyl groups is 2. The molecule has 1 aromatic rings. The van der Waals surface area contributed by atoms with E-state index in [1.807, 2.05) is 104 Å². The third-order valence-electron chi connectivity index (χ3n) is 12.5. The van der Waals surface area contributed by atoms with Gasteiger partial charge >= 0.3 is 0 Å². The number of nitrogens with zero attached hydrogens (tertiary/aromatic N) is 7. The maximum atomic E-state index is 13.5. The molecule has 0 aliphatic carbocycles. The Hall–Kier alpha value is -2.71. The predicted molar refractivity (Wildman–Crippen MR) is 380 cm³/mol. The Bertz CT molecular complexity index is 1990. The summed E-state index contributed by atoms with van der Waals surface area (Å²) < 4.78 is 0. The summed E-state index contributed by atoms with van der Waals surface area (Å²) in [6.45, 7) is 9.68. The molecular formula is C57H106N14O7S8. The first-order chi connectivity index (χ1) is 41.7. The minimum absolute atomic E-state index is 0.00685. The lowest BCUT2D eigenvalue weighted by atomic mass is 10.2. The minimum atomic E-state index is -0.930. The Balaban J connectivity index is 2.37. The van der Waals surface area contributed by atoms with Crippen molar-refractivity contribution in [3.8, 4) is 0 Å². The zero-order valence-corrected chi connectivity index (χ0v) is 57.5. The number of aliphatic hydroxyl groups excluding tert-OH is 2. The van der Waals surface area contributed by atoms with Crippen LogP contribution in [0.5, 0.6) is 0 Å². The summed E-state index contributed by atoms with van der Waals surface area (Å²) in [6, 6.07) is 10.0. The SMILES string of the molecule is C=CCN(CCN=C(N)N)C(=O)CCSCCCSCCCCN(CCN=C(N)N)C(=O)CCSCC(O)C(O)CSCCCN(Cc1ccccc1)C(=O)CCSCCCSCCCN(CCN=C(N)N)C(=O)CCSCCCSCCCON. The molecule has 1 rings (SSSR count). The lowest BCUT2D eigenvalue weighted by Crippen LogP contribution is -2.35. The van der Waals surface area contributed by atoms with Gasteiger partial charge in [0.1, 0.15) is 0 Å². The predicted octanol–water partition coefficient (Wildman–Crippen LogP) is 4.67. The lowest BCUT2D eigenvalue weighted by Gasteiger charge is -2.23. The average molecular weight is 1360 g/mol. The number of guanidine groups is 3. The van der Waals surface area contributed by atoms with Crippen LogP contribution in [0.1, 0.15) is 82.6 Å². The molecule has 0 saturated heterocycles. The van der Waals surface area contributed by atoms with Crippen LogP contribution in [0.4, 0.5) is 0 Å². The van der Waals surface area contributed by atoms with Crippen molar-refractivity contribution in [1.29, 1.82) is 0 Å². The number of thioether (sulfide) groups is 8. The van der Waals surface area contributed by atoms with Crippen LogP contribution in [-0.2, 0) is 30.6 Å². The highest BCUT2D eigenvalue weighted by molar-refractivity contribution is 8.01. The molecule has 0 spiro atoms. The molecule has 0 saturated carbocycles. The molecule has 0 aliphatic rings. The van der Waals surface area contributed by atoms with Gasteiger partial charge in [-0.15, -0.1) is 6.58 Å². The number of aliphatic imine (C=N–C) groups is 3. The van der Waals surface area contributed by atoms with Gasteiger partial charge in [-0.05, 0) is 114 Å². The van der Waals surface area contributed by atoms with E-state index < -0.39 is 12.2 Å². The van der Waals surface area contributed by atoms with Gasteiger partial charge in [-0.2, -0.15) is 94.1 Å². The number of carbonyl (C=O) groups excluding carboxylic acids is 4. The van der Waals surface area contributed by atoms with Crippen molar-refractivity contribution >= 4 is 136 Å². The first-order valence-electron chi connectivity index (χ1n) is 29.9. The van der Waals surface area contributed by atoms with Crippen molar-refractivity contribution in [2.75, 3.05) is 164 Å². The molecule has 0 radical (unpaired) electrons. The summed E-state index contributed by atoms with van der Waals surface area (Å²) in [5, 5.41) is 21.6. The fraction of sp³-hybridized carbons (Fsp3) is 0.737. The van der Waals surface area contributed by atoms with Crippen molar-refractivity contribution in [2.45, 2.75) is 95.8 Å². The van der Waals surface area contributed by atoms with Crippen LogP contribution >= 0.6 is 94.1 Å². The molecule has 4 amide bonds. The monoisotopic (exact) mass is 1350 g/mol. The van der Waals surface area contributed by atoms with Gasteiger partial charge in [0.25, 0.3) is 0 Å². The normalized spacial score (nSPS) is 11.8. The van der Waals surface area contributed by atoms with Crippen molar-refractivity contribution in [1.82, 2.24) is 19.6 Å². The van der Waals surface area contributed by atoms with Gasteiger partial charge in [-0.3, -0.25) is 34.2 Å². The Kier molecular flexibility index (Phi) is 54.3. The van der Waals surface area contributed by atoms with E-state index in [-0.39, 0.29) is 41.5 Å². The molecule has 494 valence electrons. The molecule has 2 atom stereocenters. The molecule has 0 aliphatic heterocycles.